The van der Waals surface area contributed by atoms with Crippen molar-refractivity contribution in [2.45, 2.75) is 25.8 Å². The second-order valence-corrected chi connectivity index (χ2v) is 6.62. The van der Waals surface area contributed by atoms with E-state index in [4.69, 9.17) is 0 Å². The summed E-state index contributed by atoms with van der Waals surface area (Å²) < 4.78 is 0. The van der Waals surface area contributed by atoms with Gasteiger partial charge in [-0.15, -0.1) is 0 Å². The highest BCUT2D eigenvalue weighted by Gasteiger charge is 2.43. The summed E-state index contributed by atoms with van der Waals surface area (Å²) in [5, 5.41) is 8.67. The summed E-state index contributed by atoms with van der Waals surface area (Å²) in [5.74, 6) is -0.707. The topological polar surface area (TPSA) is 90.9 Å². The first-order chi connectivity index (χ1) is 12.4. The molecule has 2 N–H and O–H groups in total. The highest BCUT2D eigenvalue weighted by molar-refractivity contribution is 6.06. The molecule has 1 heterocycles. The van der Waals surface area contributed by atoms with E-state index in [1.54, 1.807) is 20.1 Å². The number of nitrogens with one attached hydrogen (secondary N) is 2. The van der Waals surface area contributed by atoms with Crippen LogP contribution in [0.4, 0.5) is 4.79 Å². The Morgan fingerprint density at radius 2 is 1.92 bits per heavy atom. The van der Waals surface area contributed by atoms with Gasteiger partial charge in [-0.3, -0.25) is 14.5 Å². The maximum atomic E-state index is 12.1. The van der Waals surface area contributed by atoms with E-state index in [9.17, 15) is 14.4 Å². The summed E-state index contributed by atoms with van der Waals surface area (Å²) >= 11 is 0. The molecule has 3 rings (SSSR count). The quantitative estimate of drug-likeness (QED) is 0.490. The lowest BCUT2D eigenvalue weighted by molar-refractivity contribution is -0.130. The molecule has 0 aromatic heterocycles. The SMILES string of the molecule is CC1(C)NC(=O)N(CCC(=O)N/N=C\c2cccc3ccccc23)C1=O. The van der Waals surface area contributed by atoms with Crippen molar-refractivity contribution in [1.29, 1.82) is 0 Å². The molecule has 1 saturated heterocycles. The standard InChI is InChI=1S/C19H20N4O3/c1-19(2)17(25)23(18(26)21-19)11-10-16(24)22-20-12-14-8-5-7-13-6-3-4-9-15(13)14/h3-9,12H,10-11H2,1-2H3,(H,21,26)(H,22,24)/b20-12-. The maximum absolute atomic E-state index is 12.1. The molecule has 26 heavy (non-hydrogen) atoms. The highest BCUT2D eigenvalue weighted by Crippen LogP contribution is 2.17. The molecule has 0 bridgehead atoms. The number of benzene rings is 2. The van der Waals surface area contributed by atoms with E-state index in [2.05, 4.69) is 15.8 Å². The number of urea groups is 1. The Kier molecular flexibility index (Phi) is 4.71. The average molecular weight is 352 g/mol. The smallest absolute Gasteiger partial charge is 0.324 e. The van der Waals surface area contributed by atoms with Gasteiger partial charge in [-0.05, 0) is 24.6 Å². The largest absolute Gasteiger partial charge is 0.325 e. The number of imide groups is 1. The first-order valence-electron chi connectivity index (χ1n) is 8.32. The molecule has 2 aromatic carbocycles. The molecule has 0 saturated carbocycles. The van der Waals surface area contributed by atoms with Gasteiger partial charge in [0.15, 0.2) is 0 Å². The molecule has 0 unspecified atom stereocenters. The van der Waals surface area contributed by atoms with Crippen molar-refractivity contribution in [2.75, 3.05) is 6.54 Å². The van der Waals surface area contributed by atoms with Crippen LogP contribution in [0.1, 0.15) is 25.8 Å². The Morgan fingerprint density at radius 1 is 1.19 bits per heavy atom. The van der Waals surface area contributed by atoms with Crippen LogP contribution in [-0.4, -0.2) is 41.0 Å². The summed E-state index contributed by atoms with van der Waals surface area (Å²) in [7, 11) is 0. The fraction of sp³-hybridized carbons (Fsp3) is 0.263. The molecule has 1 fully saturated rings. The van der Waals surface area contributed by atoms with Gasteiger partial charge >= 0.3 is 6.03 Å². The van der Waals surface area contributed by atoms with E-state index in [-0.39, 0.29) is 24.8 Å². The minimum atomic E-state index is -0.930. The molecule has 1 aliphatic heterocycles. The van der Waals surface area contributed by atoms with Gasteiger partial charge < -0.3 is 5.32 Å². The van der Waals surface area contributed by atoms with Crippen molar-refractivity contribution in [3.05, 3.63) is 48.0 Å². The number of nitrogens with zero attached hydrogens (tertiary/aromatic N) is 2. The third-order valence-corrected chi connectivity index (χ3v) is 4.22. The number of fused-ring (bicyclic) bond motifs is 1. The van der Waals surface area contributed by atoms with Crippen molar-refractivity contribution in [2.24, 2.45) is 5.10 Å². The van der Waals surface area contributed by atoms with Gasteiger partial charge in [0.05, 0.1) is 6.21 Å². The Labute approximate surface area is 151 Å². The lowest BCUT2D eigenvalue weighted by atomic mass is 10.1. The lowest BCUT2D eigenvalue weighted by Gasteiger charge is -2.15. The molecule has 0 spiro atoms. The van der Waals surface area contributed by atoms with Crippen molar-refractivity contribution < 1.29 is 14.4 Å². The molecule has 7 heteroatoms. The molecule has 7 nitrogen and oxygen atoms in total. The zero-order valence-electron chi connectivity index (χ0n) is 14.7. The molecule has 0 aliphatic carbocycles. The number of carbonyl (C=O) groups excluding carboxylic acids is 3. The van der Waals surface area contributed by atoms with Crippen molar-refractivity contribution >= 4 is 34.8 Å². The summed E-state index contributed by atoms with van der Waals surface area (Å²) in [6.07, 6.45) is 1.57. The van der Waals surface area contributed by atoms with Crippen LogP contribution in [0, 0.1) is 0 Å². The monoisotopic (exact) mass is 352 g/mol. The van der Waals surface area contributed by atoms with Crippen LogP contribution >= 0.6 is 0 Å². The summed E-state index contributed by atoms with van der Waals surface area (Å²) in [6.45, 7) is 3.27. The molecule has 2 aromatic rings. The number of hydrogen-bond donors (Lipinski definition) is 2. The minimum absolute atomic E-state index is 0.0118. The van der Waals surface area contributed by atoms with Crippen LogP contribution < -0.4 is 10.7 Å². The number of rotatable bonds is 5. The number of hydrazone groups is 1. The van der Waals surface area contributed by atoms with Gasteiger partial charge in [-0.2, -0.15) is 5.10 Å². The van der Waals surface area contributed by atoms with Gasteiger partial charge in [-0.25, -0.2) is 10.2 Å². The van der Waals surface area contributed by atoms with Gasteiger partial charge in [0.1, 0.15) is 5.54 Å². The van der Waals surface area contributed by atoms with E-state index in [0.29, 0.717) is 0 Å². The Balaban J connectivity index is 1.57. The average Bonchev–Trinajstić information content (AvgIpc) is 2.80. The summed E-state index contributed by atoms with van der Waals surface area (Å²) in [6, 6.07) is 13.2. The maximum Gasteiger partial charge on any atom is 0.325 e. The Morgan fingerprint density at radius 3 is 2.65 bits per heavy atom. The van der Waals surface area contributed by atoms with Crippen LogP contribution in [-0.2, 0) is 9.59 Å². The second kappa shape index (κ2) is 6.95. The van der Waals surface area contributed by atoms with Gasteiger partial charge in [0.2, 0.25) is 5.91 Å². The second-order valence-electron chi connectivity index (χ2n) is 6.62. The van der Waals surface area contributed by atoms with Crippen molar-refractivity contribution in [1.82, 2.24) is 15.6 Å². The summed E-state index contributed by atoms with van der Waals surface area (Å²) in [4.78, 5) is 36.8. The molecule has 0 radical (unpaired) electrons. The van der Waals surface area contributed by atoms with E-state index >= 15 is 0 Å². The third kappa shape index (κ3) is 3.56. The molecule has 4 amide bonds. The molecule has 0 atom stereocenters. The number of carbonyl (C=O) groups is 3. The third-order valence-electron chi connectivity index (χ3n) is 4.22. The first-order valence-corrected chi connectivity index (χ1v) is 8.32. The highest BCUT2D eigenvalue weighted by atomic mass is 16.2. The molecular weight excluding hydrogens is 332 g/mol. The predicted molar refractivity (Wildman–Crippen MR) is 98.6 cm³/mol. The van der Waals surface area contributed by atoms with Crippen molar-refractivity contribution in [3.63, 3.8) is 0 Å². The van der Waals surface area contributed by atoms with Crippen molar-refractivity contribution in [3.8, 4) is 0 Å². The van der Waals surface area contributed by atoms with Crippen LogP contribution in [0.3, 0.4) is 0 Å². The zero-order chi connectivity index (χ0) is 18.7. The Hall–Kier alpha value is -3.22. The van der Waals surface area contributed by atoms with Crippen LogP contribution in [0.5, 0.6) is 0 Å². The van der Waals surface area contributed by atoms with Crippen LogP contribution in [0.15, 0.2) is 47.6 Å². The van der Waals surface area contributed by atoms with E-state index in [1.807, 2.05) is 42.5 Å². The van der Waals surface area contributed by atoms with Gasteiger partial charge in [0.25, 0.3) is 5.91 Å². The first kappa shape index (κ1) is 17.6. The fourth-order valence-electron chi connectivity index (χ4n) is 2.83. The van der Waals surface area contributed by atoms with Gasteiger partial charge in [0, 0.05) is 18.5 Å². The lowest BCUT2D eigenvalue weighted by Crippen LogP contribution is -2.40. The zero-order valence-corrected chi connectivity index (χ0v) is 14.7. The molecule has 1 aliphatic rings. The normalized spacial score (nSPS) is 16.3. The number of hydrogen-bond acceptors (Lipinski definition) is 4. The molecular formula is C19H20N4O3. The summed E-state index contributed by atoms with van der Waals surface area (Å²) in [5.41, 5.74) is 2.39. The van der Waals surface area contributed by atoms with Gasteiger partial charge in [-0.1, -0.05) is 42.5 Å². The van der Waals surface area contributed by atoms with E-state index < -0.39 is 11.6 Å². The number of amides is 4. The van der Waals surface area contributed by atoms with E-state index in [0.717, 1.165) is 21.2 Å². The van der Waals surface area contributed by atoms with Crippen LogP contribution in [0.2, 0.25) is 0 Å². The fourth-order valence-corrected chi connectivity index (χ4v) is 2.83. The minimum Gasteiger partial charge on any atom is -0.324 e. The Bertz CT molecular complexity index is 899. The molecule has 134 valence electrons. The predicted octanol–water partition coefficient (Wildman–Crippen LogP) is 2.01. The van der Waals surface area contributed by atoms with Crippen LogP contribution in [0.25, 0.3) is 10.8 Å². The van der Waals surface area contributed by atoms with E-state index in [1.165, 1.54) is 0 Å².